The van der Waals surface area contributed by atoms with Crippen LogP contribution < -0.4 is 15.5 Å². The van der Waals surface area contributed by atoms with Crippen LogP contribution in [-0.4, -0.2) is 63.2 Å². The number of fused-ring (bicyclic) bond motifs is 1. The van der Waals surface area contributed by atoms with E-state index < -0.39 is 0 Å². The zero-order valence-corrected chi connectivity index (χ0v) is 18.1. The third-order valence-electron chi connectivity index (χ3n) is 5.88. The van der Waals surface area contributed by atoms with Gasteiger partial charge in [0.1, 0.15) is 0 Å². The first-order chi connectivity index (χ1) is 15.2. The number of nitrogens with zero attached hydrogens (tertiary/aromatic N) is 3. The molecule has 0 radical (unpaired) electrons. The molecule has 4 rings (SSSR count). The highest BCUT2D eigenvalue weighted by molar-refractivity contribution is 5.98. The zero-order valence-electron chi connectivity index (χ0n) is 18.1. The Hall–Kier alpha value is -2.90. The molecule has 2 aliphatic heterocycles. The van der Waals surface area contributed by atoms with Crippen molar-refractivity contribution in [3.05, 3.63) is 65.2 Å². The van der Waals surface area contributed by atoms with E-state index in [1.165, 1.54) is 16.7 Å². The summed E-state index contributed by atoms with van der Waals surface area (Å²) in [5, 5.41) is 6.52. The molecule has 0 bridgehead atoms. The molecule has 2 N–H and O–H groups in total. The number of ether oxygens (including phenoxy) is 1. The Balaban J connectivity index is 1.30. The molecule has 0 spiro atoms. The van der Waals surface area contributed by atoms with Gasteiger partial charge in [0.15, 0.2) is 5.96 Å². The van der Waals surface area contributed by atoms with Crippen LogP contribution in [0.2, 0.25) is 0 Å². The molecule has 1 saturated heterocycles. The Kier molecular flexibility index (Phi) is 7.17. The summed E-state index contributed by atoms with van der Waals surface area (Å²) in [6.07, 6.45) is 0.912. The highest BCUT2D eigenvalue weighted by atomic mass is 16.5. The van der Waals surface area contributed by atoms with Gasteiger partial charge in [-0.3, -0.25) is 14.7 Å². The number of anilines is 1. The van der Waals surface area contributed by atoms with Crippen LogP contribution in [0.1, 0.15) is 16.7 Å². The van der Waals surface area contributed by atoms with Crippen molar-refractivity contribution in [1.29, 1.82) is 0 Å². The van der Waals surface area contributed by atoms with Crippen LogP contribution in [0.3, 0.4) is 0 Å². The molecule has 0 unspecified atom stereocenters. The predicted octanol–water partition coefficient (Wildman–Crippen LogP) is 1.77. The van der Waals surface area contributed by atoms with Crippen LogP contribution in [0.15, 0.2) is 53.5 Å². The molecule has 164 valence electrons. The van der Waals surface area contributed by atoms with Crippen molar-refractivity contribution in [3.63, 3.8) is 0 Å². The van der Waals surface area contributed by atoms with Crippen molar-refractivity contribution in [1.82, 2.24) is 15.5 Å². The fraction of sp³-hybridized carbons (Fsp3) is 0.417. The molecule has 0 atom stereocenters. The second-order valence-electron chi connectivity index (χ2n) is 7.86. The molecule has 1 amide bonds. The highest BCUT2D eigenvalue weighted by Gasteiger charge is 2.23. The molecular weight excluding hydrogens is 390 g/mol. The SMILES string of the molecule is CN=C(NCC(=O)N1CCc2ccccc21)NCc1ccccc1CN1CCOCC1. The molecule has 0 saturated carbocycles. The van der Waals surface area contributed by atoms with Gasteiger partial charge in [0, 0.05) is 45.5 Å². The molecule has 2 aromatic carbocycles. The maximum Gasteiger partial charge on any atom is 0.246 e. The van der Waals surface area contributed by atoms with E-state index in [-0.39, 0.29) is 12.5 Å². The van der Waals surface area contributed by atoms with Gasteiger partial charge in [0.05, 0.1) is 19.8 Å². The molecule has 2 aliphatic rings. The number of para-hydroxylation sites is 1. The van der Waals surface area contributed by atoms with E-state index in [9.17, 15) is 4.79 Å². The molecule has 7 nitrogen and oxygen atoms in total. The molecule has 0 aliphatic carbocycles. The number of hydrogen-bond acceptors (Lipinski definition) is 4. The van der Waals surface area contributed by atoms with Crippen molar-refractivity contribution in [2.45, 2.75) is 19.5 Å². The normalized spacial score (nSPS) is 16.8. The number of rotatable bonds is 6. The number of benzene rings is 2. The summed E-state index contributed by atoms with van der Waals surface area (Å²) in [6.45, 7) is 6.05. The lowest BCUT2D eigenvalue weighted by molar-refractivity contribution is -0.117. The van der Waals surface area contributed by atoms with Crippen LogP contribution in [-0.2, 0) is 29.0 Å². The lowest BCUT2D eigenvalue weighted by atomic mass is 10.1. The smallest absolute Gasteiger partial charge is 0.246 e. The fourth-order valence-corrected chi connectivity index (χ4v) is 4.14. The van der Waals surface area contributed by atoms with Crippen LogP contribution in [0.25, 0.3) is 0 Å². The molecule has 2 aromatic rings. The average Bonchev–Trinajstić information content (AvgIpc) is 3.25. The summed E-state index contributed by atoms with van der Waals surface area (Å²) in [4.78, 5) is 21.3. The summed E-state index contributed by atoms with van der Waals surface area (Å²) in [6, 6.07) is 16.6. The lowest BCUT2D eigenvalue weighted by Crippen LogP contribution is -2.44. The van der Waals surface area contributed by atoms with E-state index in [1.807, 2.05) is 23.1 Å². The molecule has 7 heteroatoms. The third-order valence-corrected chi connectivity index (χ3v) is 5.88. The molecular formula is C24H31N5O2. The monoisotopic (exact) mass is 421 g/mol. The molecule has 2 heterocycles. The van der Waals surface area contributed by atoms with Gasteiger partial charge in [-0.05, 0) is 29.2 Å². The minimum absolute atomic E-state index is 0.0561. The number of carbonyl (C=O) groups is 1. The van der Waals surface area contributed by atoms with E-state index >= 15 is 0 Å². The van der Waals surface area contributed by atoms with E-state index in [1.54, 1.807) is 7.05 Å². The number of carbonyl (C=O) groups excluding carboxylic acids is 1. The first-order valence-corrected chi connectivity index (χ1v) is 10.9. The minimum Gasteiger partial charge on any atom is -0.379 e. The van der Waals surface area contributed by atoms with Crippen molar-refractivity contribution in [2.24, 2.45) is 4.99 Å². The second-order valence-corrected chi connectivity index (χ2v) is 7.86. The van der Waals surface area contributed by atoms with E-state index in [2.05, 4.69) is 50.9 Å². The van der Waals surface area contributed by atoms with Crippen molar-refractivity contribution < 1.29 is 9.53 Å². The van der Waals surface area contributed by atoms with Crippen LogP contribution in [0.4, 0.5) is 5.69 Å². The largest absolute Gasteiger partial charge is 0.379 e. The maximum absolute atomic E-state index is 12.7. The molecule has 1 fully saturated rings. The summed E-state index contributed by atoms with van der Waals surface area (Å²) in [5.74, 6) is 0.683. The minimum atomic E-state index is 0.0561. The van der Waals surface area contributed by atoms with Crippen LogP contribution in [0.5, 0.6) is 0 Å². The van der Waals surface area contributed by atoms with Gasteiger partial charge in [0.25, 0.3) is 0 Å². The van der Waals surface area contributed by atoms with Gasteiger partial charge >= 0.3 is 0 Å². The zero-order chi connectivity index (χ0) is 21.5. The number of aliphatic imine (C=N–C) groups is 1. The van der Waals surface area contributed by atoms with Gasteiger partial charge < -0.3 is 20.3 Å². The van der Waals surface area contributed by atoms with E-state index in [4.69, 9.17) is 4.74 Å². The summed E-state index contributed by atoms with van der Waals surface area (Å²) < 4.78 is 5.45. The first kappa shape index (κ1) is 21.3. The molecule has 0 aromatic heterocycles. The van der Waals surface area contributed by atoms with Gasteiger partial charge in [-0.25, -0.2) is 0 Å². The summed E-state index contributed by atoms with van der Waals surface area (Å²) in [5.41, 5.74) is 4.79. The van der Waals surface area contributed by atoms with Crippen LogP contribution in [0, 0.1) is 0 Å². The Bertz CT molecular complexity index is 924. The summed E-state index contributed by atoms with van der Waals surface area (Å²) >= 11 is 0. The van der Waals surface area contributed by atoms with Crippen molar-refractivity contribution in [2.75, 3.05) is 51.3 Å². The topological polar surface area (TPSA) is 69.2 Å². The van der Waals surface area contributed by atoms with Gasteiger partial charge in [0.2, 0.25) is 5.91 Å². The first-order valence-electron chi connectivity index (χ1n) is 10.9. The second kappa shape index (κ2) is 10.4. The van der Waals surface area contributed by atoms with Gasteiger partial charge in [-0.15, -0.1) is 0 Å². The Morgan fingerprint density at radius 2 is 1.74 bits per heavy atom. The lowest BCUT2D eigenvalue weighted by Gasteiger charge is -2.27. The maximum atomic E-state index is 12.7. The molecule has 31 heavy (non-hydrogen) atoms. The highest BCUT2D eigenvalue weighted by Crippen LogP contribution is 2.27. The van der Waals surface area contributed by atoms with E-state index in [0.717, 1.165) is 51.5 Å². The van der Waals surface area contributed by atoms with Crippen molar-refractivity contribution >= 4 is 17.6 Å². The van der Waals surface area contributed by atoms with Gasteiger partial charge in [-0.1, -0.05) is 42.5 Å². The third kappa shape index (κ3) is 5.42. The summed E-state index contributed by atoms with van der Waals surface area (Å²) in [7, 11) is 1.73. The Morgan fingerprint density at radius 1 is 1.00 bits per heavy atom. The van der Waals surface area contributed by atoms with Gasteiger partial charge in [-0.2, -0.15) is 0 Å². The number of amides is 1. The predicted molar refractivity (Wildman–Crippen MR) is 123 cm³/mol. The standard InChI is InChI=1S/C24H31N5O2/c1-25-24(27-17-23(30)29-11-10-19-6-4-5-9-22(19)29)26-16-20-7-2-3-8-21(20)18-28-12-14-31-15-13-28/h2-9H,10-18H2,1H3,(H2,25,26,27). The number of hydrogen-bond donors (Lipinski definition) is 2. The Morgan fingerprint density at radius 3 is 2.55 bits per heavy atom. The number of guanidine groups is 1. The van der Waals surface area contributed by atoms with Crippen LogP contribution >= 0.6 is 0 Å². The number of nitrogens with one attached hydrogen (secondary N) is 2. The quantitative estimate of drug-likeness (QED) is 0.550. The fourth-order valence-electron chi connectivity index (χ4n) is 4.14. The van der Waals surface area contributed by atoms with Crippen molar-refractivity contribution in [3.8, 4) is 0 Å². The number of morpholine rings is 1. The average molecular weight is 422 g/mol. The van der Waals surface area contributed by atoms with E-state index in [0.29, 0.717) is 12.5 Å². The Labute approximate surface area is 184 Å².